The monoisotopic (exact) mass is 295 g/mol. The zero-order chi connectivity index (χ0) is 15.6. The third-order valence-corrected chi connectivity index (χ3v) is 3.44. The Morgan fingerprint density at radius 2 is 2.19 bits per heavy atom. The first kappa shape index (κ1) is 15.0. The summed E-state index contributed by atoms with van der Waals surface area (Å²) in [6, 6.07) is 1.44. The lowest BCUT2D eigenvalue weighted by Crippen LogP contribution is -2.29. The number of carbonyl (C=O) groups is 2. The molecule has 0 unspecified atom stereocenters. The maximum absolute atomic E-state index is 12.3. The predicted octanol–water partition coefficient (Wildman–Crippen LogP) is 1.67. The maximum Gasteiger partial charge on any atom is 0.303 e. The van der Waals surface area contributed by atoms with E-state index in [1.165, 1.54) is 17.2 Å². The molecule has 1 aromatic heterocycles. The van der Waals surface area contributed by atoms with Crippen LogP contribution in [0.4, 0.5) is 5.69 Å². The number of carbonyl (C=O) groups excluding carboxylic acids is 1. The minimum absolute atomic E-state index is 0.0125. The van der Waals surface area contributed by atoms with Crippen molar-refractivity contribution in [3.63, 3.8) is 0 Å². The molecule has 0 atom stereocenters. The Hall–Kier alpha value is -2.38. The van der Waals surface area contributed by atoms with Crippen LogP contribution in [0.15, 0.2) is 12.3 Å². The van der Waals surface area contributed by atoms with E-state index < -0.39 is 10.9 Å². The molecule has 8 heteroatoms. The van der Waals surface area contributed by atoms with Crippen molar-refractivity contribution < 1.29 is 19.6 Å². The molecule has 1 aromatic rings. The molecule has 0 saturated heterocycles. The van der Waals surface area contributed by atoms with Crippen molar-refractivity contribution >= 4 is 17.6 Å². The minimum Gasteiger partial charge on any atom is -0.481 e. The standard InChI is InChI=1S/C13H17N3O5/c1-14(6-2-3-12(17)18)13(19)11-7-10(16(20)21)8-15(11)9-4-5-9/h7-9H,2-6H2,1H3,(H,17,18). The van der Waals surface area contributed by atoms with Gasteiger partial charge in [-0.15, -0.1) is 0 Å². The van der Waals surface area contributed by atoms with Crippen LogP contribution in [0.3, 0.4) is 0 Å². The summed E-state index contributed by atoms with van der Waals surface area (Å²) in [5.41, 5.74) is 0.200. The maximum atomic E-state index is 12.3. The van der Waals surface area contributed by atoms with Crippen LogP contribution in [-0.4, -0.2) is 45.0 Å². The zero-order valence-electron chi connectivity index (χ0n) is 11.7. The Morgan fingerprint density at radius 3 is 2.71 bits per heavy atom. The van der Waals surface area contributed by atoms with Gasteiger partial charge in [0.15, 0.2) is 0 Å². The van der Waals surface area contributed by atoms with Crippen molar-refractivity contribution in [3.05, 3.63) is 28.1 Å². The second-order valence-electron chi connectivity index (χ2n) is 5.20. The second-order valence-corrected chi connectivity index (χ2v) is 5.20. The summed E-state index contributed by atoms with van der Waals surface area (Å²) in [4.78, 5) is 34.6. The smallest absolute Gasteiger partial charge is 0.303 e. The van der Waals surface area contributed by atoms with Crippen LogP contribution in [-0.2, 0) is 4.79 Å². The van der Waals surface area contributed by atoms with Gasteiger partial charge in [-0.25, -0.2) is 0 Å². The molecule has 1 fully saturated rings. The fourth-order valence-corrected chi connectivity index (χ4v) is 2.16. The molecule has 8 nitrogen and oxygen atoms in total. The van der Waals surface area contributed by atoms with E-state index in [4.69, 9.17) is 5.11 Å². The molecule has 21 heavy (non-hydrogen) atoms. The highest BCUT2D eigenvalue weighted by atomic mass is 16.6. The summed E-state index contributed by atoms with van der Waals surface area (Å²) in [6.07, 6.45) is 3.56. The van der Waals surface area contributed by atoms with Gasteiger partial charge in [0, 0.05) is 32.1 Å². The van der Waals surface area contributed by atoms with Crippen molar-refractivity contribution in [2.75, 3.05) is 13.6 Å². The van der Waals surface area contributed by atoms with Crippen molar-refractivity contribution in [2.24, 2.45) is 0 Å². The Bertz CT molecular complexity index is 576. The van der Waals surface area contributed by atoms with E-state index in [9.17, 15) is 19.7 Å². The largest absolute Gasteiger partial charge is 0.481 e. The first-order valence-electron chi connectivity index (χ1n) is 6.73. The molecule has 1 amide bonds. The van der Waals surface area contributed by atoms with E-state index in [1.54, 1.807) is 11.6 Å². The van der Waals surface area contributed by atoms with Gasteiger partial charge in [-0.05, 0) is 19.3 Å². The van der Waals surface area contributed by atoms with Gasteiger partial charge in [0.1, 0.15) is 5.69 Å². The van der Waals surface area contributed by atoms with Gasteiger partial charge in [0.25, 0.3) is 11.6 Å². The number of amides is 1. The van der Waals surface area contributed by atoms with E-state index >= 15 is 0 Å². The Balaban J connectivity index is 2.10. The molecule has 0 bridgehead atoms. The molecule has 1 aliphatic carbocycles. The molecule has 1 saturated carbocycles. The topological polar surface area (TPSA) is 106 Å². The summed E-state index contributed by atoms with van der Waals surface area (Å²) in [5.74, 6) is -1.23. The van der Waals surface area contributed by atoms with Gasteiger partial charge in [0.2, 0.25) is 0 Å². The SMILES string of the molecule is CN(CCCC(=O)O)C(=O)c1cc([N+](=O)[O-])cn1C1CC1. The first-order chi connectivity index (χ1) is 9.90. The van der Waals surface area contributed by atoms with Crippen LogP contribution in [0.5, 0.6) is 0 Å². The van der Waals surface area contributed by atoms with Crippen LogP contribution >= 0.6 is 0 Å². The average molecular weight is 295 g/mol. The van der Waals surface area contributed by atoms with Gasteiger partial charge in [-0.1, -0.05) is 0 Å². The highest BCUT2D eigenvalue weighted by molar-refractivity contribution is 5.93. The van der Waals surface area contributed by atoms with E-state index in [0.29, 0.717) is 18.7 Å². The number of aromatic nitrogens is 1. The van der Waals surface area contributed by atoms with Gasteiger partial charge < -0.3 is 14.6 Å². The first-order valence-corrected chi connectivity index (χ1v) is 6.73. The molecule has 0 spiro atoms. The van der Waals surface area contributed by atoms with Gasteiger partial charge >= 0.3 is 5.97 Å². The Morgan fingerprint density at radius 1 is 1.52 bits per heavy atom. The summed E-state index contributed by atoms with van der Waals surface area (Å²) >= 11 is 0. The fraction of sp³-hybridized carbons (Fsp3) is 0.538. The number of aliphatic carboxylic acids is 1. The average Bonchev–Trinajstić information content (AvgIpc) is 3.15. The normalized spacial score (nSPS) is 14.0. The molecule has 0 aliphatic heterocycles. The quantitative estimate of drug-likeness (QED) is 0.608. The van der Waals surface area contributed by atoms with Crippen molar-refractivity contribution in [3.8, 4) is 0 Å². The molecule has 0 aromatic carbocycles. The van der Waals surface area contributed by atoms with E-state index in [2.05, 4.69) is 0 Å². The molecule has 1 N–H and O–H groups in total. The van der Waals surface area contributed by atoms with E-state index in [-0.39, 0.29) is 24.1 Å². The predicted molar refractivity (Wildman–Crippen MR) is 73.2 cm³/mol. The second kappa shape index (κ2) is 5.94. The van der Waals surface area contributed by atoms with Crippen molar-refractivity contribution in [1.29, 1.82) is 0 Å². The molecule has 114 valence electrons. The number of carboxylic acid groups (broad SMARTS) is 1. The van der Waals surface area contributed by atoms with E-state index in [0.717, 1.165) is 12.8 Å². The van der Waals surface area contributed by atoms with Crippen molar-refractivity contribution in [1.82, 2.24) is 9.47 Å². The molecular weight excluding hydrogens is 278 g/mol. The molecule has 2 rings (SSSR count). The van der Waals surface area contributed by atoms with E-state index in [1.807, 2.05) is 0 Å². The number of rotatable bonds is 7. The number of hydrogen-bond acceptors (Lipinski definition) is 4. The highest BCUT2D eigenvalue weighted by Gasteiger charge is 2.31. The summed E-state index contributed by atoms with van der Waals surface area (Å²) in [7, 11) is 1.57. The van der Waals surface area contributed by atoms with Gasteiger partial charge in [-0.3, -0.25) is 19.7 Å². The molecular formula is C13H17N3O5. The molecule has 1 aliphatic rings. The van der Waals surface area contributed by atoms with Crippen LogP contribution < -0.4 is 0 Å². The van der Waals surface area contributed by atoms with Crippen LogP contribution in [0.25, 0.3) is 0 Å². The Kier molecular flexibility index (Phi) is 4.25. The van der Waals surface area contributed by atoms with Crippen molar-refractivity contribution in [2.45, 2.75) is 31.7 Å². The fourth-order valence-electron chi connectivity index (χ4n) is 2.16. The van der Waals surface area contributed by atoms with Crippen LogP contribution in [0.1, 0.15) is 42.2 Å². The third-order valence-electron chi connectivity index (χ3n) is 3.44. The van der Waals surface area contributed by atoms with Gasteiger partial charge in [0.05, 0.1) is 11.1 Å². The van der Waals surface area contributed by atoms with Crippen LogP contribution in [0, 0.1) is 10.1 Å². The number of nitro groups is 1. The lowest BCUT2D eigenvalue weighted by molar-refractivity contribution is -0.384. The summed E-state index contributed by atoms with van der Waals surface area (Å²) < 4.78 is 1.66. The summed E-state index contributed by atoms with van der Waals surface area (Å²) in [6.45, 7) is 0.300. The lowest BCUT2D eigenvalue weighted by atomic mass is 10.3. The zero-order valence-corrected chi connectivity index (χ0v) is 11.7. The third kappa shape index (κ3) is 3.59. The van der Waals surface area contributed by atoms with Gasteiger partial charge in [-0.2, -0.15) is 0 Å². The summed E-state index contributed by atoms with van der Waals surface area (Å²) in [5, 5.41) is 19.4. The number of hydrogen-bond donors (Lipinski definition) is 1. The number of carboxylic acids is 1. The van der Waals surface area contributed by atoms with Crippen LogP contribution in [0.2, 0.25) is 0 Å². The minimum atomic E-state index is -0.909. The number of nitrogens with zero attached hydrogens (tertiary/aromatic N) is 3. The highest BCUT2D eigenvalue weighted by Crippen LogP contribution is 2.38. The molecule has 1 heterocycles. The molecule has 0 radical (unpaired) electrons. The Labute approximate surface area is 121 Å². The lowest BCUT2D eigenvalue weighted by Gasteiger charge is -2.17.